The van der Waals surface area contributed by atoms with Crippen LogP contribution in [0.4, 0.5) is 0 Å². The van der Waals surface area contributed by atoms with Crippen molar-refractivity contribution in [2.75, 3.05) is 13.7 Å². The van der Waals surface area contributed by atoms with E-state index in [9.17, 15) is 4.79 Å². The van der Waals surface area contributed by atoms with Crippen molar-refractivity contribution < 1.29 is 9.53 Å². The van der Waals surface area contributed by atoms with Crippen LogP contribution in [0.1, 0.15) is 18.9 Å². The topological polar surface area (TPSA) is 38.3 Å². The molecule has 0 amide bonds. The molecule has 98 valence electrons. The van der Waals surface area contributed by atoms with Gasteiger partial charge >= 0.3 is 5.97 Å². The standard InChI is InChI=1S/C14H18ClNO2/c1-3-12(14(17)18-2)8-9-16-10-11-4-6-13(15)7-5-11/h4-8,16H,3,9-10H2,1-2H3/b12-8-. The van der Waals surface area contributed by atoms with E-state index in [1.54, 1.807) is 0 Å². The Labute approximate surface area is 113 Å². The van der Waals surface area contributed by atoms with Crippen LogP contribution in [0.5, 0.6) is 0 Å². The first-order chi connectivity index (χ1) is 8.67. The van der Waals surface area contributed by atoms with E-state index in [2.05, 4.69) is 10.1 Å². The molecule has 1 aromatic carbocycles. The van der Waals surface area contributed by atoms with Gasteiger partial charge in [-0.15, -0.1) is 0 Å². The van der Waals surface area contributed by atoms with Gasteiger partial charge in [0.05, 0.1) is 7.11 Å². The molecule has 0 aliphatic carbocycles. The second-order valence-electron chi connectivity index (χ2n) is 3.83. The maximum Gasteiger partial charge on any atom is 0.333 e. The van der Waals surface area contributed by atoms with Gasteiger partial charge in [0.1, 0.15) is 0 Å². The first-order valence-corrected chi connectivity index (χ1v) is 6.27. The lowest BCUT2D eigenvalue weighted by atomic mass is 10.2. The SMILES string of the molecule is CC/C(=C/CNCc1ccc(Cl)cc1)C(=O)OC. The number of hydrogen-bond acceptors (Lipinski definition) is 3. The fraction of sp³-hybridized carbons (Fsp3) is 0.357. The highest BCUT2D eigenvalue weighted by molar-refractivity contribution is 6.30. The van der Waals surface area contributed by atoms with Crippen LogP contribution in [0.25, 0.3) is 0 Å². The van der Waals surface area contributed by atoms with Gasteiger partial charge < -0.3 is 10.1 Å². The molecular formula is C14H18ClNO2. The van der Waals surface area contributed by atoms with Crippen LogP contribution >= 0.6 is 11.6 Å². The van der Waals surface area contributed by atoms with Crippen molar-refractivity contribution in [3.05, 3.63) is 46.5 Å². The Morgan fingerprint density at radius 2 is 2.06 bits per heavy atom. The maximum absolute atomic E-state index is 11.3. The molecule has 0 spiro atoms. The summed E-state index contributed by atoms with van der Waals surface area (Å²) in [6.07, 6.45) is 2.54. The molecule has 0 aromatic heterocycles. The minimum atomic E-state index is -0.259. The van der Waals surface area contributed by atoms with Crippen LogP contribution in [-0.4, -0.2) is 19.6 Å². The second kappa shape index (κ2) is 7.90. The number of methoxy groups -OCH3 is 1. The van der Waals surface area contributed by atoms with E-state index >= 15 is 0 Å². The zero-order valence-electron chi connectivity index (χ0n) is 10.7. The number of carbonyl (C=O) groups excluding carboxylic acids is 1. The number of hydrogen-bond donors (Lipinski definition) is 1. The molecule has 0 aliphatic heterocycles. The minimum absolute atomic E-state index is 0.259. The normalized spacial score (nSPS) is 11.4. The molecule has 4 heteroatoms. The lowest BCUT2D eigenvalue weighted by Crippen LogP contribution is -2.15. The predicted octanol–water partition coefficient (Wildman–Crippen LogP) is 2.94. The molecule has 3 nitrogen and oxygen atoms in total. The number of benzene rings is 1. The van der Waals surface area contributed by atoms with Crippen molar-refractivity contribution in [2.24, 2.45) is 0 Å². The van der Waals surface area contributed by atoms with Crippen LogP contribution in [-0.2, 0) is 16.1 Å². The van der Waals surface area contributed by atoms with Crippen molar-refractivity contribution in [2.45, 2.75) is 19.9 Å². The van der Waals surface area contributed by atoms with E-state index in [-0.39, 0.29) is 5.97 Å². The van der Waals surface area contributed by atoms with Gasteiger partial charge in [-0.3, -0.25) is 0 Å². The Hall–Kier alpha value is -1.32. The van der Waals surface area contributed by atoms with Crippen molar-refractivity contribution in [3.8, 4) is 0 Å². The minimum Gasteiger partial charge on any atom is -0.466 e. The van der Waals surface area contributed by atoms with Gasteiger partial charge in [0.25, 0.3) is 0 Å². The molecule has 18 heavy (non-hydrogen) atoms. The lowest BCUT2D eigenvalue weighted by molar-refractivity contribution is -0.136. The predicted molar refractivity (Wildman–Crippen MR) is 73.5 cm³/mol. The molecule has 0 heterocycles. The molecule has 1 aromatic rings. The lowest BCUT2D eigenvalue weighted by Gasteiger charge is -2.04. The zero-order chi connectivity index (χ0) is 13.4. The summed E-state index contributed by atoms with van der Waals surface area (Å²) in [7, 11) is 1.40. The Morgan fingerprint density at radius 3 is 2.61 bits per heavy atom. The molecule has 0 fully saturated rings. The quantitative estimate of drug-likeness (QED) is 0.489. The molecule has 0 saturated carbocycles. The van der Waals surface area contributed by atoms with E-state index in [0.717, 1.165) is 17.1 Å². The zero-order valence-corrected chi connectivity index (χ0v) is 11.5. The fourth-order valence-corrected chi connectivity index (χ4v) is 1.64. The van der Waals surface area contributed by atoms with Gasteiger partial charge in [-0.25, -0.2) is 4.79 Å². The Balaban J connectivity index is 2.39. The molecular weight excluding hydrogens is 250 g/mol. The highest BCUT2D eigenvalue weighted by Gasteiger charge is 2.05. The number of esters is 1. The molecule has 0 bridgehead atoms. The molecule has 0 unspecified atom stereocenters. The number of ether oxygens (including phenoxy) is 1. The summed E-state index contributed by atoms with van der Waals surface area (Å²) in [5.74, 6) is -0.259. The van der Waals surface area contributed by atoms with Gasteiger partial charge in [-0.1, -0.05) is 36.7 Å². The highest BCUT2D eigenvalue weighted by atomic mass is 35.5. The van der Waals surface area contributed by atoms with E-state index in [1.165, 1.54) is 7.11 Å². The van der Waals surface area contributed by atoms with E-state index in [4.69, 9.17) is 11.6 Å². The molecule has 0 atom stereocenters. The average Bonchev–Trinajstić information content (AvgIpc) is 2.40. The van der Waals surface area contributed by atoms with Gasteiger partial charge in [0.2, 0.25) is 0 Å². The van der Waals surface area contributed by atoms with Crippen molar-refractivity contribution >= 4 is 17.6 Å². The molecule has 0 aliphatic rings. The molecule has 1 N–H and O–H groups in total. The van der Waals surface area contributed by atoms with Crippen molar-refractivity contribution in [1.29, 1.82) is 0 Å². The number of rotatable bonds is 6. The van der Waals surface area contributed by atoms with Crippen LogP contribution in [0.15, 0.2) is 35.9 Å². The maximum atomic E-state index is 11.3. The van der Waals surface area contributed by atoms with Gasteiger partial charge in [-0.2, -0.15) is 0 Å². The van der Waals surface area contributed by atoms with Gasteiger partial charge in [-0.05, 0) is 24.1 Å². The largest absolute Gasteiger partial charge is 0.466 e. The van der Waals surface area contributed by atoms with Gasteiger partial charge in [0.15, 0.2) is 0 Å². The number of carbonyl (C=O) groups is 1. The highest BCUT2D eigenvalue weighted by Crippen LogP contribution is 2.09. The summed E-state index contributed by atoms with van der Waals surface area (Å²) in [5, 5.41) is 3.97. The first kappa shape index (κ1) is 14.7. The monoisotopic (exact) mass is 267 g/mol. The van der Waals surface area contributed by atoms with E-state index < -0.39 is 0 Å². The molecule has 0 radical (unpaired) electrons. The van der Waals surface area contributed by atoms with Crippen molar-refractivity contribution in [3.63, 3.8) is 0 Å². The number of halogens is 1. The second-order valence-corrected chi connectivity index (χ2v) is 4.27. The van der Waals surface area contributed by atoms with Crippen molar-refractivity contribution in [1.82, 2.24) is 5.32 Å². The average molecular weight is 268 g/mol. The summed E-state index contributed by atoms with van der Waals surface area (Å²) < 4.78 is 4.68. The third-order valence-electron chi connectivity index (χ3n) is 2.56. The van der Waals surface area contributed by atoms with Crippen LogP contribution in [0.2, 0.25) is 5.02 Å². The Bertz CT molecular complexity index is 412. The summed E-state index contributed by atoms with van der Waals surface area (Å²) in [4.78, 5) is 11.3. The van der Waals surface area contributed by atoms with E-state index in [0.29, 0.717) is 18.5 Å². The molecule has 1 rings (SSSR count). The van der Waals surface area contributed by atoms with E-state index in [1.807, 2.05) is 37.3 Å². The third-order valence-corrected chi connectivity index (χ3v) is 2.82. The van der Waals surface area contributed by atoms with Gasteiger partial charge in [0, 0.05) is 23.7 Å². The smallest absolute Gasteiger partial charge is 0.333 e. The Kier molecular flexibility index (Phi) is 6.47. The fourth-order valence-electron chi connectivity index (χ4n) is 1.52. The molecule has 0 saturated heterocycles. The summed E-state index contributed by atoms with van der Waals surface area (Å²) in [6.45, 7) is 3.31. The first-order valence-electron chi connectivity index (χ1n) is 5.90. The summed E-state index contributed by atoms with van der Waals surface area (Å²) in [5.41, 5.74) is 1.85. The van der Waals surface area contributed by atoms with Crippen LogP contribution in [0, 0.1) is 0 Å². The number of nitrogens with one attached hydrogen (secondary N) is 1. The van der Waals surface area contributed by atoms with Crippen LogP contribution in [0.3, 0.4) is 0 Å². The summed E-state index contributed by atoms with van der Waals surface area (Å²) in [6, 6.07) is 7.67. The Morgan fingerprint density at radius 1 is 1.39 bits per heavy atom. The van der Waals surface area contributed by atoms with Crippen LogP contribution < -0.4 is 5.32 Å². The third kappa shape index (κ3) is 4.90. The summed E-state index contributed by atoms with van der Waals surface area (Å²) >= 11 is 5.80.